The SMILES string of the molecule is CN1[C@@H](CO)C[C@H](O)[C@H](O)[C@H]1CO. The molecule has 1 rings (SSSR count). The third kappa shape index (κ3) is 2.00. The lowest BCUT2D eigenvalue weighted by atomic mass is 9.92. The molecule has 0 aromatic heterocycles. The summed E-state index contributed by atoms with van der Waals surface area (Å²) >= 11 is 0. The van der Waals surface area contributed by atoms with Crippen molar-refractivity contribution in [2.24, 2.45) is 0 Å². The minimum absolute atomic E-state index is 0.0726. The predicted octanol–water partition coefficient (Wildman–Crippen LogP) is -2.23. The molecule has 0 aromatic rings. The summed E-state index contributed by atoms with van der Waals surface area (Å²) in [6.07, 6.45) is -1.45. The summed E-state index contributed by atoms with van der Waals surface area (Å²) in [5.74, 6) is 0. The van der Waals surface area contributed by atoms with Crippen molar-refractivity contribution in [2.75, 3.05) is 20.3 Å². The lowest BCUT2D eigenvalue weighted by molar-refractivity contribution is -0.110. The molecule has 0 aliphatic carbocycles. The van der Waals surface area contributed by atoms with Crippen LogP contribution in [0.15, 0.2) is 0 Å². The topological polar surface area (TPSA) is 84.2 Å². The number of nitrogens with zero attached hydrogens (tertiary/aromatic N) is 1. The van der Waals surface area contributed by atoms with Gasteiger partial charge >= 0.3 is 0 Å². The van der Waals surface area contributed by atoms with Gasteiger partial charge in [-0.05, 0) is 13.5 Å². The molecular formula is C8H17NO4. The molecule has 0 amide bonds. The lowest BCUT2D eigenvalue weighted by Crippen LogP contribution is -2.59. The van der Waals surface area contributed by atoms with Gasteiger partial charge in [-0.2, -0.15) is 0 Å². The highest BCUT2D eigenvalue weighted by molar-refractivity contribution is 4.92. The van der Waals surface area contributed by atoms with Crippen LogP contribution in [0.1, 0.15) is 6.42 Å². The number of likely N-dealkylation sites (N-methyl/N-ethyl adjacent to an activating group) is 1. The Morgan fingerprint density at radius 3 is 2.31 bits per heavy atom. The maximum atomic E-state index is 9.49. The van der Waals surface area contributed by atoms with E-state index in [4.69, 9.17) is 10.2 Å². The van der Waals surface area contributed by atoms with E-state index in [9.17, 15) is 10.2 Å². The predicted molar refractivity (Wildman–Crippen MR) is 46.1 cm³/mol. The van der Waals surface area contributed by atoms with E-state index in [1.54, 1.807) is 11.9 Å². The Kier molecular flexibility index (Phi) is 3.63. The number of aliphatic hydroxyl groups excluding tert-OH is 4. The summed E-state index contributed by atoms with van der Waals surface area (Å²) in [5, 5.41) is 36.8. The summed E-state index contributed by atoms with van der Waals surface area (Å²) in [6, 6.07) is -0.670. The Labute approximate surface area is 77.2 Å². The van der Waals surface area contributed by atoms with Gasteiger partial charge < -0.3 is 20.4 Å². The van der Waals surface area contributed by atoms with E-state index < -0.39 is 18.2 Å². The Balaban J connectivity index is 2.69. The van der Waals surface area contributed by atoms with Crippen molar-refractivity contribution in [1.29, 1.82) is 0 Å². The van der Waals surface area contributed by atoms with Gasteiger partial charge in [-0.3, -0.25) is 4.90 Å². The molecule has 0 aromatic carbocycles. The molecule has 0 spiro atoms. The smallest absolute Gasteiger partial charge is 0.0976 e. The van der Waals surface area contributed by atoms with E-state index >= 15 is 0 Å². The molecule has 0 bridgehead atoms. The maximum absolute atomic E-state index is 9.49. The number of likely N-dealkylation sites (tertiary alicyclic amines) is 1. The van der Waals surface area contributed by atoms with E-state index in [1.807, 2.05) is 0 Å². The van der Waals surface area contributed by atoms with Crippen LogP contribution in [0.4, 0.5) is 0 Å². The van der Waals surface area contributed by atoms with Crippen LogP contribution in [0, 0.1) is 0 Å². The highest BCUT2D eigenvalue weighted by Gasteiger charge is 2.38. The molecule has 1 saturated heterocycles. The van der Waals surface area contributed by atoms with Gasteiger partial charge in [-0.1, -0.05) is 0 Å². The number of rotatable bonds is 2. The summed E-state index contributed by atoms with van der Waals surface area (Å²) < 4.78 is 0. The molecule has 0 radical (unpaired) electrons. The van der Waals surface area contributed by atoms with Crippen LogP contribution in [0.3, 0.4) is 0 Å². The standard InChI is InChI=1S/C8H17NO4/c1-9-5(3-10)2-7(12)8(13)6(9)4-11/h5-8,10-13H,2-4H2,1H3/t5-,6-,7+,8-/m1/s1. The molecule has 13 heavy (non-hydrogen) atoms. The van der Waals surface area contributed by atoms with Crippen LogP contribution in [-0.4, -0.2) is 69.9 Å². The fraction of sp³-hybridized carbons (Fsp3) is 1.00. The van der Waals surface area contributed by atoms with Crippen molar-refractivity contribution in [3.63, 3.8) is 0 Å². The Morgan fingerprint density at radius 1 is 1.23 bits per heavy atom. The molecule has 1 heterocycles. The third-order valence-electron chi connectivity index (χ3n) is 2.80. The molecule has 4 atom stereocenters. The minimum Gasteiger partial charge on any atom is -0.395 e. The Morgan fingerprint density at radius 2 is 1.85 bits per heavy atom. The molecular weight excluding hydrogens is 174 g/mol. The summed E-state index contributed by atoms with van der Waals surface area (Å²) in [5.41, 5.74) is 0. The average molecular weight is 191 g/mol. The Hall–Kier alpha value is -0.200. The summed E-state index contributed by atoms with van der Waals surface area (Å²) in [4.78, 5) is 1.71. The van der Waals surface area contributed by atoms with E-state index in [-0.39, 0.29) is 19.3 Å². The van der Waals surface area contributed by atoms with Gasteiger partial charge in [0.05, 0.1) is 31.5 Å². The molecule has 4 N–H and O–H groups in total. The minimum atomic E-state index is -0.933. The van der Waals surface area contributed by atoms with Crippen molar-refractivity contribution in [2.45, 2.75) is 30.7 Å². The van der Waals surface area contributed by atoms with Gasteiger partial charge in [0, 0.05) is 6.04 Å². The number of aliphatic hydroxyl groups is 4. The average Bonchev–Trinajstić information content (AvgIpc) is 2.12. The van der Waals surface area contributed by atoms with E-state index in [0.29, 0.717) is 6.42 Å². The molecule has 5 heteroatoms. The highest BCUT2D eigenvalue weighted by Crippen LogP contribution is 2.21. The fourth-order valence-corrected chi connectivity index (χ4v) is 1.79. The van der Waals surface area contributed by atoms with E-state index in [0.717, 1.165) is 0 Å². The first kappa shape index (κ1) is 10.9. The van der Waals surface area contributed by atoms with Crippen molar-refractivity contribution < 1.29 is 20.4 Å². The van der Waals surface area contributed by atoms with Gasteiger partial charge in [0.25, 0.3) is 0 Å². The molecule has 0 unspecified atom stereocenters. The van der Waals surface area contributed by atoms with E-state index in [1.165, 1.54) is 0 Å². The molecule has 78 valence electrons. The van der Waals surface area contributed by atoms with Gasteiger partial charge in [0.15, 0.2) is 0 Å². The fourth-order valence-electron chi connectivity index (χ4n) is 1.79. The normalized spacial score (nSPS) is 42.2. The van der Waals surface area contributed by atoms with Crippen molar-refractivity contribution >= 4 is 0 Å². The second kappa shape index (κ2) is 4.34. The molecule has 0 saturated carbocycles. The first-order valence-corrected chi connectivity index (χ1v) is 4.41. The Bertz CT molecular complexity index is 166. The van der Waals surface area contributed by atoms with Crippen LogP contribution in [-0.2, 0) is 0 Å². The molecule has 1 fully saturated rings. The van der Waals surface area contributed by atoms with Crippen LogP contribution in [0.25, 0.3) is 0 Å². The largest absolute Gasteiger partial charge is 0.395 e. The van der Waals surface area contributed by atoms with Crippen LogP contribution in [0.5, 0.6) is 0 Å². The van der Waals surface area contributed by atoms with Crippen molar-refractivity contribution in [3.05, 3.63) is 0 Å². The molecule has 1 aliphatic rings. The zero-order chi connectivity index (χ0) is 10.0. The number of piperidine rings is 1. The highest BCUT2D eigenvalue weighted by atomic mass is 16.3. The zero-order valence-corrected chi connectivity index (χ0v) is 7.67. The first-order valence-electron chi connectivity index (χ1n) is 4.41. The zero-order valence-electron chi connectivity index (χ0n) is 7.67. The van der Waals surface area contributed by atoms with Crippen LogP contribution >= 0.6 is 0 Å². The second-order valence-electron chi connectivity index (χ2n) is 3.55. The second-order valence-corrected chi connectivity index (χ2v) is 3.55. The van der Waals surface area contributed by atoms with Crippen LogP contribution < -0.4 is 0 Å². The third-order valence-corrected chi connectivity index (χ3v) is 2.80. The van der Waals surface area contributed by atoms with Gasteiger partial charge in [0.1, 0.15) is 0 Å². The quantitative estimate of drug-likeness (QED) is 0.397. The van der Waals surface area contributed by atoms with E-state index in [2.05, 4.69) is 0 Å². The van der Waals surface area contributed by atoms with Gasteiger partial charge in [-0.15, -0.1) is 0 Å². The van der Waals surface area contributed by atoms with Crippen molar-refractivity contribution in [3.8, 4) is 0 Å². The van der Waals surface area contributed by atoms with Crippen molar-refractivity contribution in [1.82, 2.24) is 4.90 Å². The monoisotopic (exact) mass is 191 g/mol. The maximum Gasteiger partial charge on any atom is 0.0976 e. The lowest BCUT2D eigenvalue weighted by Gasteiger charge is -2.43. The molecule has 5 nitrogen and oxygen atoms in total. The number of hydrogen-bond acceptors (Lipinski definition) is 5. The number of hydrogen-bond donors (Lipinski definition) is 4. The molecule has 1 aliphatic heterocycles. The van der Waals surface area contributed by atoms with Crippen LogP contribution in [0.2, 0.25) is 0 Å². The first-order chi connectivity index (χ1) is 6.11. The van der Waals surface area contributed by atoms with Gasteiger partial charge in [-0.25, -0.2) is 0 Å². The summed E-state index contributed by atoms with van der Waals surface area (Å²) in [7, 11) is 1.72. The summed E-state index contributed by atoms with van der Waals surface area (Å²) in [6.45, 7) is -0.290. The van der Waals surface area contributed by atoms with Gasteiger partial charge in [0.2, 0.25) is 0 Å².